The molecule has 1 amide bonds. The number of carbonyl (C=O) groups is 1. The molecule has 0 saturated heterocycles. The average Bonchev–Trinajstić information content (AvgIpc) is 3.29. The van der Waals surface area contributed by atoms with Gasteiger partial charge in [-0.1, -0.05) is 5.21 Å². The first-order valence-corrected chi connectivity index (χ1v) is 7.62. The maximum Gasteiger partial charge on any atom is 0.288 e. The zero-order valence-electron chi connectivity index (χ0n) is 13.9. The lowest BCUT2D eigenvalue weighted by molar-refractivity contribution is 0.0412. The van der Waals surface area contributed by atoms with Gasteiger partial charge in [-0.25, -0.2) is 4.68 Å². The number of carbonyl (C=O) groups excluding carboxylic acids is 1. The normalized spacial score (nSPS) is 10.8. The van der Waals surface area contributed by atoms with Crippen molar-refractivity contribution in [1.29, 1.82) is 0 Å². The van der Waals surface area contributed by atoms with E-state index in [0.717, 1.165) is 11.3 Å². The van der Waals surface area contributed by atoms with Crippen LogP contribution in [0, 0.1) is 0 Å². The van der Waals surface area contributed by atoms with Crippen LogP contribution >= 0.6 is 0 Å². The smallest absolute Gasteiger partial charge is 0.288 e. The molecule has 0 radical (unpaired) electrons. The van der Waals surface area contributed by atoms with E-state index < -0.39 is 5.91 Å². The number of methoxy groups -OCH3 is 1. The number of nitrogens with zero attached hydrogens (tertiary/aromatic N) is 6. The van der Waals surface area contributed by atoms with Crippen LogP contribution in [-0.2, 0) is 11.5 Å². The van der Waals surface area contributed by atoms with Crippen molar-refractivity contribution < 1.29 is 19.4 Å². The number of aliphatic hydroxyl groups is 1. The maximum atomic E-state index is 11.4. The minimum Gasteiger partial charge on any atom is -0.497 e. The summed E-state index contributed by atoms with van der Waals surface area (Å²) in [4.78, 5) is 15.4. The number of ether oxygens (including phenoxy) is 2. The Hall–Kier alpha value is -3.31. The highest BCUT2D eigenvalue weighted by Crippen LogP contribution is 2.20. The van der Waals surface area contributed by atoms with Gasteiger partial charge < -0.3 is 20.3 Å². The first kappa shape index (κ1) is 17.5. The van der Waals surface area contributed by atoms with Crippen LogP contribution in [0.15, 0.2) is 30.5 Å². The maximum absolute atomic E-state index is 11.4. The summed E-state index contributed by atoms with van der Waals surface area (Å²) in [6.07, 6.45) is 1.64. The Morgan fingerprint density at radius 1 is 1.31 bits per heavy atom. The van der Waals surface area contributed by atoms with Gasteiger partial charge in [-0.2, -0.15) is 9.67 Å². The van der Waals surface area contributed by atoms with E-state index in [9.17, 15) is 4.79 Å². The van der Waals surface area contributed by atoms with Crippen molar-refractivity contribution in [3.63, 3.8) is 0 Å². The number of benzene rings is 1. The Labute approximate surface area is 148 Å². The van der Waals surface area contributed by atoms with E-state index in [2.05, 4.69) is 20.4 Å². The fourth-order valence-corrected chi connectivity index (χ4v) is 2.17. The molecule has 1 aromatic carbocycles. The Balaban J connectivity index is 1.90. The van der Waals surface area contributed by atoms with E-state index in [-0.39, 0.29) is 31.7 Å². The number of rotatable bonds is 8. The van der Waals surface area contributed by atoms with Crippen LogP contribution in [0.5, 0.6) is 5.75 Å². The van der Waals surface area contributed by atoms with E-state index in [0.29, 0.717) is 5.69 Å². The Morgan fingerprint density at radius 2 is 2.08 bits per heavy atom. The zero-order valence-corrected chi connectivity index (χ0v) is 13.9. The van der Waals surface area contributed by atoms with E-state index >= 15 is 0 Å². The monoisotopic (exact) mass is 359 g/mol. The third-order valence-corrected chi connectivity index (χ3v) is 3.41. The van der Waals surface area contributed by atoms with Crippen LogP contribution in [0.3, 0.4) is 0 Å². The van der Waals surface area contributed by atoms with E-state index in [1.807, 2.05) is 24.3 Å². The van der Waals surface area contributed by atoms with Gasteiger partial charge in [0.15, 0.2) is 0 Å². The van der Waals surface area contributed by atoms with Gasteiger partial charge >= 0.3 is 0 Å². The van der Waals surface area contributed by atoms with Crippen LogP contribution in [0.4, 0.5) is 0 Å². The van der Waals surface area contributed by atoms with Gasteiger partial charge in [0, 0.05) is 5.56 Å². The van der Waals surface area contributed by atoms with E-state index in [1.165, 1.54) is 9.36 Å². The van der Waals surface area contributed by atoms with Crippen LogP contribution < -0.4 is 10.5 Å². The largest absolute Gasteiger partial charge is 0.497 e. The van der Waals surface area contributed by atoms with Crippen LogP contribution in [0.25, 0.3) is 17.2 Å². The topological polar surface area (TPSA) is 143 Å². The fourth-order valence-electron chi connectivity index (χ4n) is 2.17. The van der Waals surface area contributed by atoms with Crippen molar-refractivity contribution in [2.75, 3.05) is 20.3 Å². The first-order valence-electron chi connectivity index (χ1n) is 7.62. The molecule has 0 bridgehead atoms. The summed E-state index contributed by atoms with van der Waals surface area (Å²) in [7, 11) is 1.59. The predicted octanol–water partition coefficient (Wildman–Crippen LogP) is -0.400. The molecule has 0 fully saturated rings. The minimum atomic E-state index is -0.775. The molecule has 0 saturated carbocycles. The Kier molecular flexibility index (Phi) is 5.20. The molecule has 136 valence electrons. The molecule has 0 atom stereocenters. The molecule has 0 spiro atoms. The summed E-state index contributed by atoms with van der Waals surface area (Å²) < 4.78 is 13.0. The van der Waals surface area contributed by atoms with Gasteiger partial charge in [0.2, 0.25) is 5.82 Å². The summed E-state index contributed by atoms with van der Waals surface area (Å²) in [6.45, 7) is -0.0643. The molecule has 0 aliphatic rings. The Morgan fingerprint density at radius 3 is 2.73 bits per heavy atom. The second kappa shape index (κ2) is 7.72. The molecule has 3 aromatic rings. The van der Waals surface area contributed by atoms with Crippen molar-refractivity contribution in [3.8, 4) is 23.0 Å². The summed E-state index contributed by atoms with van der Waals surface area (Å²) in [6, 6.07) is 7.31. The lowest BCUT2D eigenvalue weighted by atomic mass is 10.2. The lowest BCUT2D eigenvalue weighted by Gasteiger charge is -2.05. The van der Waals surface area contributed by atoms with Gasteiger partial charge in [0.25, 0.3) is 11.9 Å². The standard InChI is InChI=1S/C15H17N7O4/c1-25-11-4-2-10(3-5-11)12-8-21(20-18-12)15-17-14(13(16)24)19-22(15)9-26-7-6-23/h2-5,8,23H,6-7,9H2,1H3,(H2,16,24). The molecule has 3 N–H and O–H groups in total. The SMILES string of the molecule is COc1ccc(-c2cn(-c3nc(C(N)=O)nn3COCCO)nn2)cc1. The summed E-state index contributed by atoms with van der Waals surface area (Å²) in [5.41, 5.74) is 6.66. The second-order valence-corrected chi connectivity index (χ2v) is 5.14. The van der Waals surface area contributed by atoms with Gasteiger partial charge in [0.05, 0.1) is 26.5 Å². The molecule has 0 aliphatic carbocycles. The van der Waals surface area contributed by atoms with Crippen molar-refractivity contribution in [2.45, 2.75) is 6.73 Å². The number of nitrogens with two attached hydrogens (primary N) is 1. The van der Waals surface area contributed by atoms with Crippen LogP contribution in [0.2, 0.25) is 0 Å². The van der Waals surface area contributed by atoms with E-state index in [1.54, 1.807) is 13.3 Å². The number of amides is 1. The molecular weight excluding hydrogens is 342 g/mol. The average molecular weight is 359 g/mol. The highest BCUT2D eigenvalue weighted by Gasteiger charge is 2.17. The van der Waals surface area contributed by atoms with Gasteiger partial charge in [-0.05, 0) is 24.3 Å². The zero-order chi connectivity index (χ0) is 18.5. The first-order chi connectivity index (χ1) is 12.6. The molecule has 0 aliphatic heterocycles. The predicted molar refractivity (Wildman–Crippen MR) is 88.5 cm³/mol. The minimum absolute atomic E-state index is 0.0338. The number of primary amides is 1. The fraction of sp³-hybridized carbons (Fsp3) is 0.267. The summed E-state index contributed by atoms with van der Waals surface area (Å²) in [5, 5.41) is 20.9. The lowest BCUT2D eigenvalue weighted by Crippen LogP contribution is -2.14. The van der Waals surface area contributed by atoms with Crippen molar-refractivity contribution in [3.05, 3.63) is 36.3 Å². The third kappa shape index (κ3) is 3.68. The van der Waals surface area contributed by atoms with Crippen molar-refractivity contribution >= 4 is 5.91 Å². The number of aliphatic hydroxyl groups excluding tert-OH is 1. The quantitative estimate of drug-likeness (QED) is 0.517. The Bertz CT molecular complexity index is 888. The molecule has 11 heteroatoms. The molecular formula is C15H17N7O4. The van der Waals surface area contributed by atoms with Crippen LogP contribution in [-0.4, -0.2) is 61.1 Å². The number of hydrogen-bond acceptors (Lipinski definition) is 8. The summed E-state index contributed by atoms with van der Waals surface area (Å²) in [5.74, 6) is -0.00577. The van der Waals surface area contributed by atoms with Crippen molar-refractivity contribution in [2.24, 2.45) is 5.73 Å². The van der Waals surface area contributed by atoms with Gasteiger partial charge in [-0.3, -0.25) is 4.79 Å². The van der Waals surface area contributed by atoms with Gasteiger partial charge in [-0.15, -0.1) is 10.2 Å². The van der Waals surface area contributed by atoms with Crippen molar-refractivity contribution in [1.82, 2.24) is 29.8 Å². The number of hydrogen-bond donors (Lipinski definition) is 2. The highest BCUT2D eigenvalue weighted by atomic mass is 16.5. The molecule has 3 rings (SSSR count). The molecule has 26 heavy (non-hydrogen) atoms. The van der Waals surface area contributed by atoms with Gasteiger partial charge in [0.1, 0.15) is 18.2 Å². The second-order valence-electron chi connectivity index (χ2n) is 5.14. The summed E-state index contributed by atoms with van der Waals surface area (Å²) >= 11 is 0. The third-order valence-electron chi connectivity index (χ3n) is 3.41. The molecule has 11 nitrogen and oxygen atoms in total. The molecule has 0 unspecified atom stereocenters. The molecule has 2 aromatic heterocycles. The van der Waals surface area contributed by atoms with Crippen LogP contribution in [0.1, 0.15) is 10.6 Å². The number of aromatic nitrogens is 6. The molecule has 2 heterocycles. The van der Waals surface area contributed by atoms with E-state index in [4.69, 9.17) is 20.3 Å². The highest BCUT2D eigenvalue weighted by molar-refractivity contribution is 5.88.